The van der Waals surface area contributed by atoms with E-state index in [0.717, 1.165) is 54.2 Å². The summed E-state index contributed by atoms with van der Waals surface area (Å²) in [5.74, 6) is 9.63. The number of aromatic nitrogens is 2. The van der Waals surface area contributed by atoms with Crippen molar-refractivity contribution in [1.82, 2.24) is 9.97 Å². The fourth-order valence-electron chi connectivity index (χ4n) is 2.96. The zero-order chi connectivity index (χ0) is 14.5. The predicted octanol–water partition coefficient (Wildman–Crippen LogP) is 2.87. The zero-order valence-corrected chi connectivity index (χ0v) is 12.9. The normalized spacial score (nSPS) is 22.0. The number of aryl methyl sites for hydroxylation is 1. The highest BCUT2D eigenvalue weighted by Gasteiger charge is 2.23. The molecule has 2 unspecified atom stereocenters. The molecular formula is C15H27N5. The van der Waals surface area contributed by atoms with Crippen LogP contribution in [0, 0.1) is 18.8 Å². The van der Waals surface area contributed by atoms with E-state index >= 15 is 0 Å². The van der Waals surface area contributed by atoms with Crippen molar-refractivity contribution < 1.29 is 0 Å². The van der Waals surface area contributed by atoms with Gasteiger partial charge < -0.3 is 10.7 Å². The molecule has 0 saturated heterocycles. The van der Waals surface area contributed by atoms with Gasteiger partial charge in [-0.25, -0.2) is 15.8 Å². The molecule has 0 aliphatic heterocycles. The van der Waals surface area contributed by atoms with Gasteiger partial charge >= 0.3 is 0 Å². The number of hydrogen-bond donors (Lipinski definition) is 3. The van der Waals surface area contributed by atoms with E-state index in [1.165, 1.54) is 19.3 Å². The van der Waals surface area contributed by atoms with Gasteiger partial charge in [0, 0.05) is 18.5 Å². The first-order valence-corrected chi connectivity index (χ1v) is 7.73. The molecule has 1 aromatic rings. The van der Waals surface area contributed by atoms with Crippen LogP contribution in [0.4, 0.5) is 11.6 Å². The van der Waals surface area contributed by atoms with Crippen LogP contribution in [-0.4, -0.2) is 16.5 Å². The highest BCUT2D eigenvalue weighted by atomic mass is 15.3. The Bertz CT molecular complexity index is 446. The standard InChI is InChI=1S/C15H27N5/c1-4-6-13-18-14(11(3)15(19-13)20-16)17-9-12-8-5-7-10(12)2/h10,12H,4-9,16H2,1-3H3,(H2,17,18,19,20). The van der Waals surface area contributed by atoms with Crippen LogP contribution in [0.2, 0.25) is 0 Å². The van der Waals surface area contributed by atoms with Crippen molar-refractivity contribution in [1.29, 1.82) is 0 Å². The molecule has 20 heavy (non-hydrogen) atoms. The Kier molecular flexibility index (Phi) is 5.17. The van der Waals surface area contributed by atoms with Crippen molar-refractivity contribution >= 4 is 11.6 Å². The number of nitrogen functional groups attached to an aromatic ring is 1. The Balaban J connectivity index is 2.10. The predicted molar refractivity (Wildman–Crippen MR) is 83.6 cm³/mol. The Morgan fingerprint density at radius 1 is 1.25 bits per heavy atom. The lowest BCUT2D eigenvalue weighted by atomic mass is 9.98. The number of hydrazine groups is 1. The molecule has 2 atom stereocenters. The molecule has 1 aliphatic carbocycles. The first-order valence-electron chi connectivity index (χ1n) is 7.73. The third-order valence-electron chi connectivity index (χ3n) is 4.37. The van der Waals surface area contributed by atoms with Crippen LogP contribution in [0.5, 0.6) is 0 Å². The summed E-state index contributed by atoms with van der Waals surface area (Å²) in [6.45, 7) is 7.48. The highest BCUT2D eigenvalue weighted by Crippen LogP contribution is 2.31. The van der Waals surface area contributed by atoms with Crippen LogP contribution in [0.1, 0.15) is 50.9 Å². The minimum atomic E-state index is 0.727. The Morgan fingerprint density at radius 3 is 2.60 bits per heavy atom. The molecule has 4 N–H and O–H groups in total. The van der Waals surface area contributed by atoms with Crippen LogP contribution in [0.25, 0.3) is 0 Å². The van der Waals surface area contributed by atoms with E-state index in [0.29, 0.717) is 0 Å². The second-order valence-electron chi connectivity index (χ2n) is 5.91. The lowest BCUT2D eigenvalue weighted by Gasteiger charge is -2.18. The Morgan fingerprint density at radius 2 is 2.00 bits per heavy atom. The number of nitrogens with one attached hydrogen (secondary N) is 2. The van der Waals surface area contributed by atoms with Gasteiger partial charge in [0.2, 0.25) is 0 Å². The second-order valence-corrected chi connectivity index (χ2v) is 5.91. The Labute approximate surface area is 121 Å². The molecule has 2 rings (SSSR count). The summed E-state index contributed by atoms with van der Waals surface area (Å²) in [4.78, 5) is 9.09. The number of nitrogens with two attached hydrogens (primary N) is 1. The van der Waals surface area contributed by atoms with E-state index < -0.39 is 0 Å². The number of rotatable bonds is 6. The molecular weight excluding hydrogens is 250 g/mol. The lowest BCUT2D eigenvalue weighted by Crippen LogP contribution is -2.20. The second kappa shape index (κ2) is 6.88. The summed E-state index contributed by atoms with van der Waals surface area (Å²) in [5.41, 5.74) is 3.68. The molecule has 112 valence electrons. The van der Waals surface area contributed by atoms with Gasteiger partial charge in [-0.15, -0.1) is 0 Å². The molecule has 5 nitrogen and oxygen atoms in total. The van der Waals surface area contributed by atoms with Crippen LogP contribution < -0.4 is 16.6 Å². The smallest absolute Gasteiger partial charge is 0.148 e. The third-order valence-corrected chi connectivity index (χ3v) is 4.37. The van der Waals surface area contributed by atoms with Crippen LogP contribution in [-0.2, 0) is 6.42 Å². The maximum atomic E-state index is 5.56. The van der Waals surface area contributed by atoms with E-state index in [-0.39, 0.29) is 0 Å². The summed E-state index contributed by atoms with van der Waals surface area (Å²) in [6, 6.07) is 0. The van der Waals surface area contributed by atoms with Crippen molar-refractivity contribution in [2.24, 2.45) is 17.7 Å². The van der Waals surface area contributed by atoms with Crippen molar-refractivity contribution in [2.45, 2.75) is 52.9 Å². The van der Waals surface area contributed by atoms with Crippen LogP contribution in [0.3, 0.4) is 0 Å². The van der Waals surface area contributed by atoms with Gasteiger partial charge in [-0.3, -0.25) is 0 Å². The molecule has 1 heterocycles. The van der Waals surface area contributed by atoms with Crippen LogP contribution in [0.15, 0.2) is 0 Å². The summed E-state index contributed by atoms with van der Waals surface area (Å²) in [5, 5.41) is 3.51. The molecule has 1 fully saturated rings. The van der Waals surface area contributed by atoms with Gasteiger partial charge in [0.05, 0.1) is 0 Å². The average molecular weight is 277 g/mol. The molecule has 0 amide bonds. The van der Waals surface area contributed by atoms with Crippen molar-refractivity contribution in [3.8, 4) is 0 Å². The topological polar surface area (TPSA) is 75.9 Å². The van der Waals surface area contributed by atoms with Gasteiger partial charge in [-0.1, -0.05) is 26.7 Å². The van der Waals surface area contributed by atoms with E-state index in [2.05, 4.69) is 34.6 Å². The number of hydrogen-bond acceptors (Lipinski definition) is 5. The number of nitrogens with zero attached hydrogens (tertiary/aromatic N) is 2. The van der Waals surface area contributed by atoms with Gasteiger partial charge in [-0.2, -0.15) is 0 Å². The average Bonchev–Trinajstić information content (AvgIpc) is 2.84. The summed E-state index contributed by atoms with van der Waals surface area (Å²) in [7, 11) is 0. The maximum absolute atomic E-state index is 5.56. The van der Waals surface area contributed by atoms with Crippen molar-refractivity contribution in [3.05, 3.63) is 11.4 Å². The largest absolute Gasteiger partial charge is 0.369 e. The molecule has 0 spiro atoms. The van der Waals surface area contributed by atoms with Crippen molar-refractivity contribution in [2.75, 3.05) is 17.3 Å². The fraction of sp³-hybridized carbons (Fsp3) is 0.733. The maximum Gasteiger partial charge on any atom is 0.148 e. The summed E-state index contributed by atoms with van der Waals surface area (Å²) < 4.78 is 0. The zero-order valence-electron chi connectivity index (χ0n) is 12.9. The van der Waals surface area contributed by atoms with Crippen molar-refractivity contribution in [3.63, 3.8) is 0 Å². The molecule has 0 bridgehead atoms. The van der Waals surface area contributed by atoms with Crippen LogP contribution >= 0.6 is 0 Å². The first-order chi connectivity index (χ1) is 9.65. The molecule has 1 saturated carbocycles. The minimum Gasteiger partial charge on any atom is -0.369 e. The van der Waals surface area contributed by atoms with E-state index in [1.54, 1.807) is 0 Å². The molecule has 1 aliphatic rings. The first kappa shape index (κ1) is 15.0. The number of anilines is 2. The quantitative estimate of drug-likeness (QED) is 0.550. The lowest BCUT2D eigenvalue weighted by molar-refractivity contribution is 0.439. The monoisotopic (exact) mass is 277 g/mol. The fourth-order valence-corrected chi connectivity index (χ4v) is 2.96. The molecule has 0 aromatic carbocycles. The minimum absolute atomic E-state index is 0.727. The molecule has 1 aromatic heterocycles. The van der Waals surface area contributed by atoms with Gasteiger partial charge in [0.25, 0.3) is 0 Å². The van der Waals surface area contributed by atoms with Gasteiger partial charge in [-0.05, 0) is 31.6 Å². The Hall–Kier alpha value is -1.36. The summed E-state index contributed by atoms with van der Waals surface area (Å²) >= 11 is 0. The van der Waals surface area contributed by atoms with E-state index in [4.69, 9.17) is 5.84 Å². The highest BCUT2D eigenvalue weighted by molar-refractivity contribution is 5.56. The summed E-state index contributed by atoms with van der Waals surface area (Å²) in [6.07, 6.45) is 5.94. The van der Waals surface area contributed by atoms with Gasteiger partial charge in [0.1, 0.15) is 17.5 Å². The third kappa shape index (κ3) is 3.39. The van der Waals surface area contributed by atoms with E-state index in [1.807, 2.05) is 6.92 Å². The van der Waals surface area contributed by atoms with E-state index in [9.17, 15) is 0 Å². The van der Waals surface area contributed by atoms with Gasteiger partial charge in [0.15, 0.2) is 0 Å². The SMILES string of the molecule is CCCc1nc(NN)c(C)c(NCC2CCCC2C)n1. The molecule has 0 radical (unpaired) electrons. The molecule has 5 heteroatoms.